The molecule has 0 aromatic heterocycles. The van der Waals surface area contributed by atoms with Crippen LogP contribution >= 0.6 is 0 Å². The summed E-state index contributed by atoms with van der Waals surface area (Å²) in [5, 5.41) is 21.4. The van der Waals surface area contributed by atoms with E-state index < -0.39 is 12.1 Å². The number of carbonyl (C=O) groups is 1. The van der Waals surface area contributed by atoms with E-state index in [1.54, 1.807) is 0 Å². The van der Waals surface area contributed by atoms with Gasteiger partial charge in [0, 0.05) is 12.0 Å². The molecule has 0 amide bonds. The molecular formula is C8H13NO3. The quantitative estimate of drug-likeness (QED) is 0.494. The van der Waals surface area contributed by atoms with Gasteiger partial charge in [-0.1, -0.05) is 0 Å². The van der Waals surface area contributed by atoms with Crippen molar-refractivity contribution in [3.05, 3.63) is 0 Å². The summed E-state index contributed by atoms with van der Waals surface area (Å²) in [4.78, 5) is 10.6. The van der Waals surface area contributed by atoms with E-state index in [-0.39, 0.29) is 11.3 Å². The SMILES string of the molecule is O=C(O)[C@H]1CC12CCNCC2O. The zero-order valence-electron chi connectivity index (χ0n) is 6.79. The third-order valence-corrected chi connectivity index (χ3v) is 3.18. The fourth-order valence-electron chi connectivity index (χ4n) is 2.23. The minimum absolute atomic E-state index is 0.281. The molecule has 2 aliphatic rings. The number of hydrogen-bond donors (Lipinski definition) is 3. The second-order valence-corrected chi connectivity index (χ2v) is 3.80. The summed E-state index contributed by atoms with van der Waals surface area (Å²) >= 11 is 0. The summed E-state index contributed by atoms with van der Waals surface area (Å²) in [7, 11) is 0. The smallest absolute Gasteiger partial charge is 0.307 e. The van der Waals surface area contributed by atoms with Crippen LogP contribution < -0.4 is 5.32 Å². The number of hydrogen-bond acceptors (Lipinski definition) is 3. The topological polar surface area (TPSA) is 69.6 Å². The van der Waals surface area contributed by atoms with Gasteiger partial charge in [-0.05, 0) is 19.4 Å². The summed E-state index contributed by atoms with van der Waals surface area (Å²) in [6, 6.07) is 0. The number of aliphatic hydroxyl groups is 1. The maximum absolute atomic E-state index is 10.6. The molecule has 2 unspecified atom stereocenters. The van der Waals surface area contributed by atoms with Crippen molar-refractivity contribution in [3.63, 3.8) is 0 Å². The van der Waals surface area contributed by atoms with Gasteiger partial charge < -0.3 is 15.5 Å². The van der Waals surface area contributed by atoms with E-state index >= 15 is 0 Å². The molecule has 0 bridgehead atoms. The molecule has 4 nitrogen and oxygen atoms in total. The maximum Gasteiger partial charge on any atom is 0.307 e. The average Bonchev–Trinajstić information content (AvgIpc) is 2.72. The number of carboxylic acids is 1. The minimum Gasteiger partial charge on any atom is -0.481 e. The van der Waals surface area contributed by atoms with Gasteiger partial charge in [-0.15, -0.1) is 0 Å². The number of piperidine rings is 1. The van der Waals surface area contributed by atoms with Gasteiger partial charge >= 0.3 is 5.97 Å². The lowest BCUT2D eigenvalue weighted by atomic mass is 9.89. The molecule has 1 saturated carbocycles. The van der Waals surface area contributed by atoms with Crippen LogP contribution in [-0.2, 0) is 4.79 Å². The van der Waals surface area contributed by atoms with E-state index in [4.69, 9.17) is 5.11 Å². The van der Waals surface area contributed by atoms with Crippen LogP contribution in [0.15, 0.2) is 0 Å². The van der Waals surface area contributed by atoms with Crippen molar-refractivity contribution in [1.82, 2.24) is 5.32 Å². The van der Waals surface area contributed by atoms with Crippen molar-refractivity contribution >= 4 is 5.97 Å². The fraction of sp³-hybridized carbons (Fsp3) is 0.875. The summed E-state index contributed by atoms with van der Waals surface area (Å²) in [5.74, 6) is -1.05. The Hall–Kier alpha value is -0.610. The Morgan fingerprint density at radius 3 is 2.83 bits per heavy atom. The molecular weight excluding hydrogens is 158 g/mol. The largest absolute Gasteiger partial charge is 0.481 e. The van der Waals surface area contributed by atoms with Crippen molar-refractivity contribution in [1.29, 1.82) is 0 Å². The first-order valence-corrected chi connectivity index (χ1v) is 4.28. The van der Waals surface area contributed by atoms with Gasteiger partial charge in [0.25, 0.3) is 0 Å². The highest BCUT2D eigenvalue weighted by Gasteiger charge is 2.62. The Morgan fingerprint density at radius 1 is 1.58 bits per heavy atom. The lowest BCUT2D eigenvalue weighted by Gasteiger charge is -2.28. The molecule has 1 spiro atoms. The van der Waals surface area contributed by atoms with Crippen LogP contribution in [0.5, 0.6) is 0 Å². The lowest BCUT2D eigenvalue weighted by molar-refractivity contribution is -0.140. The standard InChI is InChI=1S/C8H13NO3/c10-6-4-9-2-1-8(6)3-5(8)7(11)12/h5-6,9-10H,1-4H2,(H,11,12)/t5-,6?,8?/m1/s1. The lowest BCUT2D eigenvalue weighted by Crippen LogP contribution is -2.43. The second-order valence-electron chi connectivity index (χ2n) is 3.80. The van der Waals surface area contributed by atoms with Gasteiger partial charge in [-0.25, -0.2) is 0 Å². The zero-order chi connectivity index (χ0) is 8.77. The third kappa shape index (κ3) is 0.949. The molecule has 1 heterocycles. The summed E-state index contributed by atoms with van der Waals surface area (Å²) in [5.41, 5.74) is -0.281. The monoisotopic (exact) mass is 171 g/mol. The van der Waals surface area contributed by atoms with Crippen LogP contribution in [0.4, 0.5) is 0 Å². The zero-order valence-corrected chi connectivity index (χ0v) is 6.79. The van der Waals surface area contributed by atoms with Crippen molar-refractivity contribution < 1.29 is 15.0 Å². The molecule has 0 aromatic carbocycles. The van der Waals surface area contributed by atoms with Crippen LogP contribution in [0.2, 0.25) is 0 Å². The third-order valence-electron chi connectivity index (χ3n) is 3.18. The molecule has 68 valence electrons. The van der Waals surface area contributed by atoms with Crippen molar-refractivity contribution in [3.8, 4) is 0 Å². The first kappa shape index (κ1) is 8.01. The van der Waals surface area contributed by atoms with Crippen LogP contribution in [0, 0.1) is 11.3 Å². The Balaban J connectivity index is 2.07. The van der Waals surface area contributed by atoms with Crippen molar-refractivity contribution in [2.75, 3.05) is 13.1 Å². The number of β-amino-alcohol motifs (C(OH)–C–C–N with tert-alkyl or cyclic N) is 1. The number of carboxylic acid groups (broad SMARTS) is 1. The van der Waals surface area contributed by atoms with E-state index in [1.807, 2.05) is 0 Å². The molecule has 12 heavy (non-hydrogen) atoms. The van der Waals surface area contributed by atoms with Crippen LogP contribution in [0.1, 0.15) is 12.8 Å². The van der Waals surface area contributed by atoms with Gasteiger partial charge in [0.1, 0.15) is 0 Å². The molecule has 0 radical (unpaired) electrons. The molecule has 3 N–H and O–H groups in total. The van der Waals surface area contributed by atoms with E-state index in [9.17, 15) is 9.90 Å². The Kier molecular flexibility index (Phi) is 1.63. The summed E-state index contributed by atoms with van der Waals surface area (Å²) < 4.78 is 0. The predicted molar refractivity (Wildman–Crippen MR) is 41.7 cm³/mol. The molecule has 0 aromatic rings. The van der Waals surface area contributed by atoms with Gasteiger partial charge in [0.05, 0.1) is 12.0 Å². The molecule has 1 aliphatic carbocycles. The molecule has 1 aliphatic heterocycles. The molecule has 2 rings (SSSR count). The normalized spacial score (nSPS) is 46.1. The average molecular weight is 171 g/mol. The van der Waals surface area contributed by atoms with Gasteiger partial charge in [0.15, 0.2) is 0 Å². The summed E-state index contributed by atoms with van der Waals surface area (Å²) in [6.07, 6.45) is 0.989. The van der Waals surface area contributed by atoms with E-state index in [2.05, 4.69) is 5.32 Å². The Labute approximate surface area is 70.6 Å². The number of nitrogens with one attached hydrogen (secondary N) is 1. The van der Waals surface area contributed by atoms with Crippen LogP contribution in [0.25, 0.3) is 0 Å². The first-order chi connectivity index (χ1) is 5.67. The second kappa shape index (κ2) is 2.44. The molecule has 3 atom stereocenters. The predicted octanol–water partition coefficient (Wildman–Crippen LogP) is -0.569. The van der Waals surface area contributed by atoms with Gasteiger partial charge in [-0.2, -0.15) is 0 Å². The van der Waals surface area contributed by atoms with E-state index in [0.717, 1.165) is 13.0 Å². The van der Waals surface area contributed by atoms with E-state index in [1.165, 1.54) is 0 Å². The molecule has 4 heteroatoms. The number of aliphatic hydroxyl groups excluding tert-OH is 1. The van der Waals surface area contributed by atoms with Gasteiger partial charge in [-0.3, -0.25) is 4.79 Å². The molecule has 1 saturated heterocycles. The number of aliphatic carboxylic acids is 1. The highest BCUT2D eigenvalue weighted by Crippen LogP contribution is 2.58. The van der Waals surface area contributed by atoms with Crippen LogP contribution in [-0.4, -0.2) is 35.4 Å². The highest BCUT2D eigenvalue weighted by atomic mass is 16.4. The first-order valence-electron chi connectivity index (χ1n) is 4.28. The summed E-state index contributed by atoms with van der Waals surface area (Å²) in [6.45, 7) is 1.38. The fourth-order valence-corrected chi connectivity index (χ4v) is 2.23. The highest BCUT2D eigenvalue weighted by molar-refractivity contribution is 5.75. The van der Waals surface area contributed by atoms with Crippen molar-refractivity contribution in [2.24, 2.45) is 11.3 Å². The number of rotatable bonds is 1. The Morgan fingerprint density at radius 2 is 2.33 bits per heavy atom. The van der Waals surface area contributed by atoms with E-state index in [0.29, 0.717) is 13.0 Å². The molecule has 2 fully saturated rings. The van der Waals surface area contributed by atoms with Gasteiger partial charge in [0.2, 0.25) is 0 Å². The minimum atomic E-state index is -0.754. The van der Waals surface area contributed by atoms with Crippen LogP contribution in [0.3, 0.4) is 0 Å². The maximum atomic E-state index is 10.6. The van der Waals surface area contributed by atoms with Crippen molar-refractivity contribution in [2.45, 2.75) is 18.9 Å². The Bertz CT molecular complexity index is 218.